The summed E-state index contributed by atoms with van der Waals surface area (Å²) in [7, 11) is 0. The summed E-state index contributed by atoms with van der Waals surface area (Å²) in [5, 5.41) is 3.37. The van der Waals surface area contributed by atoms with Crippen molar-refractivity contribution in [2.45, 2.75) is 46.1 Å². The molecule has 0 heterocycles. The number of aryl methyl sites for hydroxylation is 1. The average molecular weight is 235 g/mol. The fourth-order valence-electron chi connectivity index (χ4n) is 2.65. The molecule has 2 heteroatoms. The van der Waals surface area contributed by atoms with Gasteiger partial charge in [-0.25, -0.2) is 4.39 Å². The van der Waals surface area contributed by atoms with Crippen molar-refractivity contribution in [3.63, 3.8) is 0 Å². The lowest BCUT2D eigenvalue weighted by atomic mass is 9.79. The fourth-order valence-corrected chi connectivity index (χ4v) is 2.65. The van der Waals surface area contributed by atoms with Crippen LogP contribution >= 0.6 is 0 Å². The first-order valence-corrected chi connectivity index (χ1v) is 6.59. The number of anilines is 1. The number of benzene rings is 1. The predicted molar refractivity (Wildman–Crippen MR) is 70.7 cm³/mol. The molecular formula is C15H22FN. The number of halogens is 1. The number of nitrogens with one attached hydrogen (secondary N) is 1. The van der Waals surface area contributed by atoms with E-state index in [2.05, 4.69) is 19.2 Å². The van der Waals surface area contributed by atoms with Gasteiger partial charge in [-0.3, -0.25) is 0 Å². The molecule has 0 aromatic heterocycles. The summed E-state index contributed by atoms with van der Waals surface area (Å²) in [6.45, 7) is 6.61. The predicted octanol–water partition coefficient (Wildman–Crippen LogP) is 4.37. The zero-order valence-corrected chi connectivity index (χ0v) is 11.0. The molecule has 1 aromatic rings. The van der Waals surface area contributed by atoms with Crippen LogP contribution in [0.2, 0.25) is 0 Å². The molecule has 0 amide bonds. The van der Waals surface area contributed by atoms with Crippen LogP contribution in [-0.2, 0) is 0 Å². The van der Waals surface area contributed by atoms with Gasteiger partial charge >= 0.3 is 0 Å². The first-order valence-electron chi connectivity index (χ1n) is 6.59. The summed E-state index contributed by atoms with van der Waals surface area (Å²) in [4.78, 5) is 0. The van der Waals surface area contributed by atoms with Gasteiger partial charge in [-0.1, -0.05) is 19.9 Å². The molecule has 0 aliphatic heterocycles. The van der Waals surface area contributed by atoms with Gasteiger partial charge in [0.05, 0.1) is 5.69 Å². The van der Waals surface area contributed by atoms with E-state index in [9.17, 15) is 4.39 Å². The second kappa shape index (κ2) is 5.07. The van der Waals surface area contributed by atoms with Gasteiger partial charge in [-0.05, 0) is 55.7 Å². The van der Waals surface area contributed by atoms with Gasteiger partial charge in [0.1, 0.15) is 5.82 Å². The van der Waals surface area contributed by atoms with Gasteiger partial charge in [0.25, 0.3) is 0 Å². The molecule has 2 rings (SSSR count). The summed E-state index contributed by atoms with van der Waals surface area (Å²) in [6.07, 6.45) is 3.54. The molecule has 0 saturated heterocycles. The van der Waals surface area contributed by atoms with Crippen molar-refractivity contribution in [1.82, 2.24) is 0 Å². The minimum atomic E-state index is -0.137. The molecule has 1 saturated carbocycles. The maximum atomic E-state index is 13.6. The second-order valence-corrected chi connectivity index (χ2v) is 5.59. The van der Waals surface area contributed by atoms with Gasteiger partial charge in [0, 0.05) is 6.04 Å². The van der Waals surface area contributed by atoms with Crippen LogP contribution in [-0.4, -0.2) is 6.04 Å². The molecule has 0 radical (unpaired) electrons. The van der Waals surface area contributed by atoms with Crippen LogP contribution in [0.4, 0.5) is 10.1 Å². The molecule has 1 aromatic carbocycles. The van der Waals surface area contributed by atoms with E-state index in [1.807, 2.05) is 19.1 Å². The van der Waals surface area contributed by atoms with Crippen molar-refractivity contribution in [3.8, 4) is 0 Å². The Balaban J connectivity index is 2.03. The molecular weight excluding hydrogens is 213 g/mol. The van der Waals surface area contributed by atoms with Crippen molar-refractivity contribution in [2.75, 3.05) is 5.32 Å². The minimum Gasteiger partial charge on any atom is -0.380 e. The lowest BCUT2D eigenvalue weighted by Gasteiger charge is -2.33. The molecule has 1 fully saturated rings. The van der Waals surface area contributed by atoms with Gasteiger partial charge in [0.2, 0.25) is 0 Å². The zero-order valence-electron chi connectivity index (χ0n) is 11.0. The van der Waals surface area contributed by atoms with E-state index in [0.29, 0.717) is 11.7 Å². The normalized spacial score (nSPS) is 29.1. The third-order valence-electron chi connectivity index (χ3n) is 4.08. The van der Waals surface area contributed by atoms with Crippen LogP contribution in [0.5, 0.6) is 0 Å². The van der Waals surface area contributed by atoms with Crippen molar-refractivity contribution >= 4 is 5.69 Å². The van der Waals surface area contributed by atoms with Crippen LogP contribution in [0.1, 0.15) is 38.7 Å². The van der Waals surface area contributed by atoms with Gasteiger partial charge in [-0.2, -0.15) is 0 Å². The molecule has 3 unspecified atom stereocenters. The van der Waals surface area contributed by atoms with E-state index in [1.54, 1.807) is 6.07 Å². The lowest BCUT2D eigenvalue weighted by molar-refractivity contribution is 0.260. The monoisotopic (exact) mass is 235 g/mol. The Hall–Kier alpha value is -1.05. The maximum absolute atomic E-state index is 13.6. The van der Waals surface area contributed by atoms with Crippen molar-refractivity contribution in [2.24, 2.45) is 11.8 Å². The molecule has 0 bridgehead atoms. The highest BCUT2D eigenvalue weighted by Gasteiger charge is 2.24. The Bertz CT molecular complexity index is 389. The third kappa shape index (κ3) is 2.99. The Morgan fingerprint density at radius 2 is 1.94 bits per heavy atom. The average Bonchev–Trinajstić information content (AvgIpc) is 2.29. The van der Waals surface area contributed by atoms with Crippen LogP contribution in [0.25, 0.3) is 0 Å². The maximum Gasteiger partial charge on any atom is 0.146 e. The Morgan fingerprint density at radius 1 is 1.18 bits per heavy atom. The van der Waals surface area contributed by atoms with E-state index in [-0.39, 0.29) is 5.82 Å². The molecule has 3 atom stereocenters. The van der Waals surface area contributed by atoms with E-state index in [1.165, 1.54) is 6.42 Å². The summed E-state index contributed by atoms with van der Waals surface area (Å²) in [5.74, 6) is 1.39. The number of hydrogen-bond donors (Lipinski definition) is 1. The lowest BCUT2D eigenvalue weighted by Crippen LogP contribution is -2.30. The minimum absolute atomic E-state index is 0.137. The second-order valence-electron chi connectivity index (χ2n) is 5.59. The Kier molecular flexibility index (Phi) is 3.70. The molecule has 1 nitrogen and oxygen atoms in total. The van der Waals surface area contributed by atoms with Gasteiger partial charge in [-0.15, -0.1) is 0 Å². The number of hydrogen-bond acceptors (Lipinski definition) is 1. The summed E-state index contributed by atoms with van der Waals surface area (Å²) >= 11 is 0. The first kappa shape index (κ1) is 12.4. The fraction of sp³-hybridized carbons (Fsp3) is 0.600. The smallest absolute Gasteiger partial charge is 0.146 e. The summed E-state index contributed by atoms with van der Waals surface area (Å²) in [5.41, 5.74) is 1.77. The van der Waals surface area contributed by atoms with Crippen LogP contribution < -0.4 is 5.32 Å². The van der Waals surface area contributed by atoms with Gasteiger partial charge < -0.3 is 5.32 Å². The molecule has 1 aliphatic carbocycles. The summed E-state index contributed by atoms with van der Waals surface area (Å²) in [6, 6.07) is 5.69. The highest BCUT2D eigenvalue weighted by Crippen LogP contribution is 2.31. The standard InChI is InChI=1S/C15H22FN/c1-10-4-7-14(16)15(8-10)17-13-6-5-11(2)12(3)9-13/h4,7-8,11-13,17H,5-6,9H2,1-3H3. The van der Waals surface area contributed by atoms with Crippen LogP contribution in [0, 0.1) is 24.6 Å². The van der Waals surface area contributed by atoms with Crippen LogP contribution in [0.15, 0.2) is 18.2 Å². The Labute approximate surface area is 103 Å². The number of rotatable bonds is 2. The topological polar surface area (TPSA) is 12.0 Å². The molecule has 94 valence electrons. The first-order chi connectivity index (χ1) is 8.06. The zero-order chi connectivity index (χ0) is 12.4. The van der Waals surface area contributed by atoms with Crippen molar-refractivity contribution in [3.05, 3.63) is 29.6 Å². The summed E-state index contributed by atoms with van der Waals surface area (Å²) < 4.78 is 13.6. The largest absolute Gasteiger partial charge is 0.380 e. The molecule has 1 N–H and O–H groups in total. The van der Waals surface area contributed by atoms with E-state index in [0.717, 1.165) is 30.2 Å². The van der Waals surface area contributed by atoms with E-state index < -0.39 is 0 Å². The van der Waals surface area contributed by atoms with Crippen molar-refractivity contribution < 1.29 is 4.39 Å². The molecule has 0 spiro atoms. The van der Waals surface area contributed by atoms with E-state index >= 15 is 0 Å². The SMILES string of the molecule is Cc1ccc(F)c(NC2CCC(C)C(C)C2)c1. The third-order valence-corrected chi connectivity index (χ3v) is 4.08. The Morgan fingerprint density at radius 3 is 2.65 bits per heavy atom. The van der Waals surface area contributed by atoms with Crippen LogP contribution in [0.3, 0.4) is 0 Å². The van der Waals surface area contributed by atoms with Gasteiger partial charge in [0.15, 0.2) is 0 Å². The van der Waals surface area contributed by atoms with Crippen molar-refractivity contribution in [1.29, 1.82) is 0 Å². The highest BCUT2D eigenvalue weighted by molar-refractivity contribution is 5.47. The van der Waals surface area contributed by atoms with E-state index in [4.69, 9.17) is 0 Å². The molecule has 17 heavy (non-hydrogen) atoms. The quantitative estimate of drug-likeness (QED) is 0.802. The highest BCUT2D eigenvalue weighted by atomic mass is 19.1. The molecule has 1 aliphatic rings.